The molecule has 4 rings (SSSR count). The Morgan fingerprint density at radius 2 is 1.69 bits per heavy atom. The van der Waals surface area contributed by atoms with Crippen LogP contribution < -0.4 is 5.32 Å². The van der Waals surface area contributed by atoms with Gasteiger partial charge in [-0.25, -0.2) is 0 Å². The van der Waals surface area contributed by atoms with Gasteiger partial charge in [-0.3, -0.25) is 4.79 Å². The molecule has 26 heavy (non-hydrogen) atoms. The maximum absolute atomic E-state index is 12.5. The summed E-state index contributed by atoms with van der Waals surface area (Å²) < 4.78 is 0. The van der Waals surface area contributed by atoms with Crippen LogP contribution in [-0.4, -0.2) is 23.2 Å². The van der Waals surface area contributed by atoms with Crippen LogP contribution in [-0.2, 0) is 24.1 Å². The van der Waals surface area contributed by atoms with Gasteiger partial charge in [0, 0.05) is 13.0 Å². The zero-order valence-corrected chi connectivity index (χ0v) is 14.7. The van der Waals surface area contributed by atoms with Crippen molar-refractivity contribution in [2.24, 2.45) is 0 Å². The first kappa shape index (κ1) is 16.8. The Labute approximate surface area is 153 Å². The van der Waals surface area contributed by atoms with Gasteiger partial charge in [0.05, 0.1) is 12.0 Å². The number of amides is 1. The van der Waals surface area contributed by atoms with Gasteiger partial charge in [-0.05, 0) is 40.3 Å². The Kier molecular flexibility index (Phi) is 4.48. The molecule has 1 unspecified atom stereocenters. The summed E-state index contributed by atoms with van der Waals surface area (Å²) in [6.07, 6.45) is 2.45. The van der Waals surface area contributed by atoms with Crippen molar-refractivity contribution >= 4 is 16.7 Å². The van der Waals surface area contributed by atoms with Gasteiger partial charge in [0.2, 0.25) is 5.91 Å². The molecule has 2 N–H and O–H groups in total. The monoisotopic (exact) mass is 345 g/mol. The van der Waals surface area contributed by atoms with Gasteiger partial charge < -0.3 is 10.4 Å². The first-order valence-corrected chi connectivity index (χ1v) is 9.15. The van der Waals surface area contributed by atoms with Gasteiger partial charge in [-0.15, -0.1) is 0 Å². The fraction of sp³-hybridized carbons (Fsp3) is 0.261. The molecule has 0 bridgehead atoms. The van der Waals surface area contributed by atoms with Crippen LogP contribution in [0.25, 0.3) is 10.8 Å². The third-order valence-electron chi connectivity index (χ3n) is 5.34. The molecule has 0 aliphatic heterocycles. The largest absolute Gasteiger partial charge is 0.388 e. The fourth-order valence-corrected chi connectivity index (χ4v) is 3.88. The quantitative estimate of drug-likeness (QED) is 0.761. The second kappa shape index (κ2) is 6.93. The van der Waals surface area contributed by atoms with Crippen LogP contribution in [0.15, 0.2) is 66.7 Å². The highest BCUT2D eigenvalue weighted by atomic mass is 16.3. The van der Waals surface area contributed by atoms with Gasteiger partial charge >= 0.3 is 0 Å². The molecule has 0 saturated heterocycles. The van der Waals surface area contributed by atoms with Crippen molar-refractivity contribution in [1.29, 1.82) is 0 Å². The molecule has 0 fully saturated rings. The maximum atomic E-state index is 12.5. The Balaban J connectivity index is 1.41. The molecule has 1 atom stereocenters. The number of hydrogen-bond acceptors (Lipinski definition) is 2. The highest BCUT2D eigenvalue weighted by molar-refractivity contribution is 5.90. The molecular formula is C23H23NO2. The van der Waals surface area contributed by atoms with E-state index in [1.54, 1.807) is 0 Å². The van der Waals surface area contributed by atoms with E-state index in [1.807, 2.05) is 42.5 Å². The first-order valence-electron chi connectivity index (χ1n) is 9.15. The third-order valence-corrected chi connectivity index (χ3v) is 5.34. The molecular weight excluding hydrogens is 322 g/mol. The first-order chi connectivity index (χ1) is 12.6. The summed E-state index contributed by atoms with van der Waals surface area (Å²) in [4.78, 5) is 12.5. The summed E-state index contributed by atoms with van der Waals surface area (Å²) in [5, 5.41) is 16.1. The summed E-state index contributed by atoms with van der Waals surface area (Å²) in [5.74, 6) is -0.0476. The molecule has 0 spiro atoms. The molecule has 0 heterocycles. The van der Waals surface area contributed by atoms with Crippen molar-refractivity contribution in [3.8, 4) is 0 Å². The third kappa shape index (κ3) is 3.49. The molecule has 3 aromatic rings. The second-order valence-electron chi connectivity index (χ2n) is 7.26. The van der Waals surface area contributed by atoms with E-state index in [4.69, 9.17) is 0 Å². The lowest BCUT2D eigenvalue weighted by molar-refractivity contribution is -0.121. The predicted octanol–water partition coefficient (Wildman–Crippen LogP) is 3.42. The van der Waals surface area contributed by atoms with Crippen LogP contribution in [0.5, 0.6) is 0 Å². The highest BCUT2D eigenvalue weighted by Gasteiger charge is 2.32. The molecule has 0 saturated carbocycles. The van der Waals surface area contributed by atoms with Gasteiger partial charge in [0.25, 0.3) is 0 Å². The predicted molar refractivity (Wildman–Crippen MR) is 104 cm³/mol. The number of benzene rings is 3. The summed E-state index contributed by atoms with van der Waals surface area (Å²) in [7, 11) is 0. The summed E-state index contributed by atoms with van der Waals surface area (Å²) in [6.45, 7) is 0.297. The molecule has 1 aliphatic rings. The minimum Gasteiger partial charge on any atom is -0.388 e. The van der Waals surface area contributed by atoms with E-state index in [1.165, 1.54) is 11.1 Å². The lowest BCUT2D eigenvalue weighted by Crippen LogP contribution is -2.47. The number of carbonyl (C=O) groups is 1. The average Bonchev–Trinajstić information content (AvgIpc) is 2.67. The van der Waals surface area contributed by atoms with Gasteiger partial charge in [0.15, 0.2) is 0 Å². The number of aryl methyl sites for hydroxylation is 1. The minimum atomic E-state index is -0.858. The maximum Gasteiger partial charge on any atom is 0.224 e. The molecule has 3 nitrogen and oxygen atoms in total. The molecule has 3 heteroatoms. The van der Waals surface area contributed by atoms with E-state index in [0.29, 0.717) is 25.8 Å². The van der Waals surface area contributed by atoms with Crippen molar-refractivity contribution in [3.05, 3.63) is 83.4 Å². The molecule has 0 radical (unpaired) electrons. The van der Waals surface area contributed by atoms with E-state index in [0.717, 1.165) is 22.8 Å². The van der Waals surface area contributed by atoms with E-state index in [2.05, 4.69) is 29.6 Å². The van der Waals surface area contributed by atoms with Crippen LogP contribution in [0.1, 0.15) is 23.1 Å². The lowest BCUT2D eigenvalue weighted by Gasteiger charge is -2.33. The molecule has 1 aliphatic carbocycles. The summed E-state index contributed by atoms with van der Waals surface area (Å²) in [5.41, 5.74) is 2.65. The van der Waals surface area contributed by atoms with Gasteiger partial charge in [-0.2, -0.15) is 0 Å². The van der Waals surface area contributed by atoms with Crippen molar-refractivity contribution in [2.75, 3.05) is 6.54 Å². The summed E-state index contributed by atoms with van der Waals surface area (Å²) >= 11 is 0. The average molecular weight is 345 g/mol. The van der Waals surface area contributed by atoms with Gasteiger partial charge in [0.1, 0.15) is 0 Å². The Hall–Kier alpha value is -2.65. The van der Waals surface area contributed by atoms with Crippen LogP contribution in [0.2, 0.25) is 0 Å². The molecule has 3 aromatic carbocycles. The van der Waals surface area contributed by atoms with Crippen LogP contribution in [0, 0.1) is 0 Å². The second-order valence-corrected chi connectivity index (χ2v) is 7.26. The SMILES string of the molecule is O=C(Cc1cccc2ccccc12)NCC1(O)CCc2ccccc2C1. The zero-order chi connectivity index (χ0) is 18.0. The number of carbonyl (C=O) groups excluding carboxylic acids is 1. The number of hydrogen-bond donors (Lipinski definition) is 2. The topological polar surface area (TPSA) is 49.3 Å². The highest BCUT2D eigenvalue weighted by Crippen LogP contribution is 2.28. The van der Waals surface area contributed by atoms with Crippen LogP contribution in [0.3, 0.4) is 0 Å². The van der Waals surface area contributed by atoms with Crippen molar-refractivity contribution in [2.45, 2.75) is 31.3 Å². The van der Waals surface area contributed by atoms with E-state index in [-0.39, 0.29) is 5.91 Å². The zero-order valence-electron chi connectivity index (χ0n) is 14.7. The Morgan fingerprint density at radius 1 is 0.962 bits per heavy atom. The van der Waals surface area contributed by atoms with Crippen molar-refractivity contribution in [1.82, 2.24) is 5.32 Å². The number of nitrogens with one attached hydrogen (secondary N) is 1. The minimum absolute atomic E-state index is 0.0476. The summed E-state index contributed by atoms with van der Waals surface area (Å²) in [6, 6.07) is 22.4. The normalized spacial score (nSPS) is 19.1. The van der Waals surface area contributed by atoms with E-state index >= 15 is 0 Å². The number of fused-ring (bicyclic) bond motifs is 2. The lowest BCUT2D eigenvalue weighted by atomic mass is 9.80. The van der Waals surface area contributed by atoms with E-state index in [9.17, 15) is 9.90 Å². The number of rotatable bonds is 4. The smallest absolute Gasteiger partial charge is 0.224 e. The standard InChI is InChI=1S/C23H23NO2/c25-22(14-19-10-5-9-18-7-3-4-11-21(18)19)24-16-23(26)13-12-17-6-1-2-8-20(17)15-23/h1-11,26H,12-16H2,(H,24,25). The molecule has 0 aromatic heterocycles. The Bertz CT molecular complexity index is 944. The molecule has 132 valence electrons. The number of aliphatic hydroxyl groups is 1. The Morgan fingerprint density at radius 3 is 2.58 bits per heavy atom. The van der Waals surface area contributed by atoms with Crippen LogP contribution in [0.4, 0.5) is 0 Å². The fourth-order valence-electron chi connectivity index (χ4n) is 3.88. The molecule has 1 amide bonds. The van der Waals surface area contributed by atoms with E-state index < -0.39 is 5.60 Å². The van der Waals surface area contributed by atoms with Gasteiger partial charge in [-0.1, -0.05) is 66.7 Å². The van der Waals surface area contributed by atoms with Crippen molar-refractivity contribution < 1.29 is 9.90 Å². The van der Waals surface area contributed by atoms with Crippen LogP contribution >= 0.6 is 0 Å². The van der Waals surface area contributed by atoms with Crippen molar-refractivity contribution in [3.63, 3.8) is 0 Å².